The van der Waals surface area contributed by atoms with Crippen molar-refractivity contribution in [2.75, 3.05) is 25.8 Å². The highest BCUT2D eigenvalue weighted by Crippen LogP contribution is 2.45. The summed E-state index contributed by atoms with van der Waals surface area (Å²) in [6, 6.07) is 15.2. The second-order valence-corrected chi connectivity index (χ2v) is 10.6. The van der Waals surface area contributed by atoms with E-state index in [0.717, 1.165) is 28.5 Å². The lowest BCUT2D eigenvalue weighted by Gasteiger charge is -2.14. The molecule has 0 unspecified atom stereocenters. The maximum Gasteiger partial charge on any atom is 0.306 e. The van der Waals surface area contributed by atoms with Gasteiger partial charge in [-0.15, -0.1) is 0 Å². The van der Waals surface area contributed by atoms with E-state index in [1.165, 1.54) is 26.4 Å². The summed E-state index contributed by atoms with van der Waals surface area (Å²) in [5, 5.41) is 2.91. The van der Waals surface area contributed by atoms with Gasteiger partial charge in [0.05, 0.1) is 26.9 Å². The molecule has 0 saturated carbocycles. The van der Waals surface area contributed by atoms with Crippen molar-refractivity contribution in [3.8, 4) is 17.2 Å². The molecule has 3 aromatic carbocycles. The molecule has 198 valence electrons. The molecule has 0 aliphatic heterocycles. The number of halogens is 1. The lowest BCUT2D eigenvalue weighted by Crippen LogP contribution is -2.12. The molecule has 1 N–H and O–H groups in total. The third-order valence-electron chi connectivity index (χ3n) is 6.12. The second kappa shape index (κ2) is 10.7. The number of nitrogens with one attached hydrogen (secondary N) is 1. The van der Waals surface area contributed by atoms with E-state index in [1.54, 1.807) is 18.2 Å². The molecule has 3 aromatic rings. The Hall–Kier alpha value is -4.11. The van der Waals surface area contributed by atoms with Crippen molar-refractivity contribution in [2.24, 2.45) is 0 Å². The fourth-order valence-electron chi connectivity index (χ4n) is 4.45. The number of fused-ring (bicyclic) bond motifs is 1. The highest BCUT2D eigenvalue weighted by Gasteiger charge is 2.26. The molecule has 0 atom stereocenters. The van der Waals surface area contributed by atoms with Gasteiger partial charge in [0.25, 0.3) is 0 Å². The summed E-state index contributed by atoms with van der Waals surface area (Å²) < 4.78 is 53.6. The normalized spacial score (nSPS) is 13.9. The minimum Gasteiger partial charge on any atom is -0.493 e. The lowest BCUT2D eigenvalue weighted by molar-refractivity contribution is -0.115. The molecule has 0 spiro atoms. The Morgan fingerprint density at radius 2 is 1.66 bits per heavy atom. The van der Waals surface area contributed by atoms with Crippen LogP contribution < -0.4 is 19.0 Å². The van der Waals surface area contributed by atoms with Crippen LogP contribution in [0.25, 0.3) is 17.2 Å². The molecule has 1 amide bonds. The number of anilines is 1. The van der Waals surface area contributed by atoms with Crippen LogP contribution in [0.2, 0.25) is 0 Å². The molecule has 9 heteroatoms. The lowest BCUT2D eigenvalue weighted by atomic mass is 10.00. The van der Waals surface area contributed by atoms with E-state index < -0.39 is 15.9 Å². The number of hydrogen-bond acceptors (Lipinski definition) is 6. The van der Waals surface area contributed by atoms with Gasteiger partial charge in [-0.1, -0.05) is 18.2 Å². The minimum atomic E-state index is -3.83. The maximum atomic E-state index is 14.3. The quantitative estimate of drug-likeness (QED) is 0.363. The first-order valence-electron chi connectivity index (χ1n) is 11.7. The molecule has 0 saturated heterocycles. The van der Waals surface area contributed by atoms with Gasteiger partial charge in [-0.05, 0) is 95.3 Å². The van der Waals surface area contributed by atoms with Crippen molar-refractivity contribution in [3.63, 3.8) is 0 Å². The fraction of sp³-hybridized carbons (Fsp3) is 0.207. The van der Waals surface area contributed by atoms with Crippen molar-refractivity contribution in [2.45, 2.75) is 20.3 Å². The SMILES string of the molecule is COc1cc(/C=C2/C(C)=C(CC(=O)Nc3cccc(C)c3)c3cc(F)ccc32)cc(OC)c1OS(C)(=O)=O. The van der Waals surface area contributed by atoms with Gasteiger partial charge in [0.2, 0.25) is 11.7 Å². The van der Waals surface area contributed by atoms with Crippen molar-refractivity contribution >= 4 is 38.9 Å². The molecule has 0 heterocycles. The van der Waals surface area contributed by atoms with Crippen molar-refractivity contribution in [3.05, 3.63) is 88.2 Å². The number of ether oxygens (including phenoxy) is 2. The van der Waals surface area contributed by atoms with Crippen LogP contribution in [0.1, 0.15) is 35.6 Å². The Morgan fingerprint density at radius 3 is 2.26 bits per heavy atom. The minimum absolute atomic E-state index is 0.0569. The average molecular weight is 538 g/mol. The van der Waals surface area contributed by atoms with Gasteiger partial charge in [-0.2, -0.15) is 8.42 Å². The molecule has 38 heavy (non-hydrogen) atoms. The number of hydrogen-bond donors (Lipinski definition) is 1. The Balaban J connectivity index is 1.76. The first-order chi connectivity index (χ1) is 18.0. The summed E-state index contributed by atoms with van der Waals surface area (Å²) in [5.41, 5.74) is 6.09. The van der Waals surface area contributed by atoms with Crippen molar-refractivity contribution in [1.29, 1.82) is 0 Å². The Labute approximate surface area is 221 Å². The molecule has 1 aliphatic carbocycles. The number of rotatable bonds is 8. The largest absolute Gasteiger partial charge is 0.493 e. The molecular formula is C29H28FNO6S. The smallest absolute Gasteiger partial charge is 0.306 e. The Morgan fingerprint density at radius 1 is 0.974 bits per heavy atom. The van der Waals surface area contributed by atoms with E-state index in [-0.39, 0.29) is 29.6 Å². The van der Waals surface area contributed by atoms with Gasteiger partial charge < -0.3 is 19.0 Å². The van der Waals surface area contributed by atoms with Gasteiger partial charge in [-0.3, -0.25) is 4.79 Å². The molecule has 0 radical (unpaired) electrons. The molecular weight excluding hydrogens is 509 g/mol. The summed E-state index contributed by atoms with van der Waals surface area (Å²) in [6.07, 6.45) is 2.84. The highest BCUT2D eigenvalue weighted by molar-refractivity contribution is 7.86. The molecule has 0 fully saturated rings. The molecule has 1 aliphatic rings. The van der Waals surface area contributed by atoms with Crippen LogP contribution in [-0.4, -0.2) is 34.8 Å². The Kier molecular flexibility index (Phi) is 7.59. The van der Waals surface area contributed by atoms with Crippen LogP contribution in [0.3, 0.4) is 0 Å². The number of aryl methyl sites for hydroxylation is 1. The monoisotopic (exact) mass is 537 g/mol. The predicted molar refractivity (Wildman–Crippen MR) is 146 cm³/mol. The number of carbonyl (C=O) groups is 1. The first kappa shape index (κ1) is 26.9. The van der Waals surface area contributed by atoms with Crippen LogP contribution in [0.15, 0.2) is 60.2 Å². The van der Waals surface area contributed by atoms with Crippen molar-refractivity contribution in [1.82, 2.24) is 0 Å². The standard InChI is InChI=1S/C29H28FNO6S/c1-17-7-6-8-21(11-17)31-28(32)16-24-18(2)23(22-10-9-20(30)15-25(22)24)12-19-13-26(35-3)29(27(14-19)36-4)37-38(5,33)34/h6-15H,16H2,1-5H3,(H,31,32)/b23-12-. The number of benzene rings is 3. The molecule has 7 nitrogen and oxygen atoms in total. The van der Waals surface area contributed by atoms with E-state index in [4.69, 9.17) is 13.7 Å². The number of methoxy groups -OCH3 is 2. The number of carbonyl (C=O) groups excluding carboxylic acids is 1. The van der Waals surface area contributed by atoms with Crippen LogP contribution in [-0.2, 0) is 14.9 Å². The second-order valence-electron chi connectivity index (χ2n) is 8.99. The first-order valence-corrected chi connectivity index (χ1v) is 13.5. The zero-order valence-electron chi connectivity index (χ0n) is 21.7. The summed E-state index contributed by atoms with van der Waals surface area (Å²) in [4.78, 5) is 12.9. The number of amides is 1. The molecule has 0 bridgehead atoms. The molecule has 4 rings (SSSR count). The van der Waals surface area contributed by atoms with Crippen LogP contribution in [0, 0.1) is 12.7 Å². The van der Waals surface area contributed by atoms with Gasteiger partial charge in [0.1, 0.15) is 5.82 Å². The van der Waals surface area contributed by atoms with Crippen LogP contribution >= 0.6 is 0 Å². The van der Waals surface area contributed by atoms with E-state index in [0.29, 0.717) is 22.4 Å². The fourth-order valence-corrected chi connectivity index (χ4v) is 4.92. The summed E-state index contributed by atoms with van der Waals surface area (Å²) in [5.74, 6) is -0.349. The van der Waals surface area contributed by atoms with E-state index in [1.807, 2.05) is 44.2 Å². The summed E-state index contributed by atoms with van der Waals surface area (Å²) in [7, 11) is -1.04. The topological polar surface area (TPSA) is 90.9 Å². The van der Waals surface area contributed by atoms with E-state index in [9.17, 15) is 17.6 Å². The zero-order valence-corrected chi connectivity index (χ0v) is 22.5. The van der Waals surface area contributed by atoms with Crippen LogP contribution in [0.5, 0.6) is 17.2 Å². The third-order valence-corrected chi connectivity index (χ3v) is 6.59. The Bertz CT molecular complexity index is 1570. The third kappa shape index (κ3) is 5.89. The zero-order chi connectivity index (χ0) is 27.6. The number of allylic oxidation sites excluding steroid dienone is 2. The van der Waals surface area contributed by atoms with Gasteiger partial charge in [0, 0.05) is 5.69 Å². The van der Waals surface area contributed by atoms with Gasteiger partial charge in [0.15, 0.2) is 11.5 Å². The maximum absolute atomic E-state index is 14.3. The van der Waals surface area contributed by atoms with E-state index in [2.05, 4.69) is 5.32 Å². The van der Waals surface area contributed by atoms with E-state index >= 15 is 0 Å². The van der Waals surface area contributed by atoms with Gasteiger partial charge >= 0.3 is 10.1 Å². The van der Waals surface area contributed by atoms with Crippen LogP contribution in [0.4, 0.5) is 10.1 Å². The predicted octanol–water partition coefficient (Wildman–Crippen LogP) is 5.85. The van der Waals surface area contributed by atoms with Gasteiger partial charge in [-0.25, -0.2) is 4.39 Å². The van der Waals surface area contributed by atoms with Crippen molar-refractivity contribution < 1.29 is 31.3 Å². The molecule has 0 aromatic heterocycles. The average Bonchev–Trinajstić information content (AvgIpc) is 3.08. The summed E-state index contributed by atoms with van der Waals surface area (Å²) in [6.45, 7) is 3.83. The highest BCUT2D eigenvalue weighted by atomic mass is 32.2. The summed E-state index contributed by atoms with van der Waals surface area (Å²) >= 11 is 0.